The molecular weight excluding hydrogens is 272 g/mol. The Kier molecular flexibility index (Phi) is 3.24. The number of nitrogens with zero attached hydrogens (tertiary/aromatic N) is 3. The highest BCUT2D eigenvalue weighted by Crippen LogP contribution is 2.26. The van der Waals surface area contributed by atoms with Crippen LogP contribution in [0.5, 0.6) is 0 Å². The largest absolute Gasteiger partial charge is 0.355 e. The van der Waals surface area contributed by atoms with Crippen LogP contribution in [-0.4, -0.2) is 29.1 Å². The second kappa shape index (κ2) is 5.39. The molecule has 1 aliphatic heterocycles. The minimum atomic E-state index is 0.249. The molecule has 4 nitrogen and oxygen atoms in total. The lowest BCUT2D eigenvalue weighted by molar-refractivity contribution is 0.751. The Morgan fingerprint density at radius 3 is 2.68 bits per heavy atom. The van der Waals surface area contributed by atoms with Crippen molar-refractivity contribution in [2.45, 2.75) is 12.5 Å². The van der Waals surface area contributed by atoms with Gasteiger partial charge in [0.25, 0.3) is 0 Å². The minimum absolute atomic E-state index is 0.249. The normalized spacial score (nSPS) is 18.0. The van der Waals surface area contributed by atoms with Gasteiger partial charge in [-0.3, -0.25) is 0 Å². The van der Waals surface area contributed by atoms with E-state index in [1.807, 2.05) is 0 Å². The van der Waals surface area contributed by atoms with Crippen molar-refractivity contribution in [1.29, 1.82) is 0 Å². The number of hydrogen-bond donors (Lipinski definition) is 1. The standard InChI is InChI=1S/C18H18N4/c19-16-7-8-22(11-16)18-10-17(20-12-21-18)15-6-5-13-3-1-2-4-14(13)9-15/h1-6,9-10,12,16H,7-8,11,19H2. The molecule has 2 N–H and O–H groups in total. The van der Waals surface area contributed by atoms with Crippen molar-refractivity contribution in [2.24, 2.45) is 5.73 Å². The molecule has 0 saturated carbocycles. The van der Waals surface area contributed by atoms with Crippen molar-refractivity contribution in [2.75, 3.05) is 18.0 Å². The first-order chi connectivity index (χ1) is 10.8. The maximum absolute atomic E-state index is 5.99. The Morgan fingerprint density at radius 2 is 1.86 bits per heavy atom. The fourth-order valence-electron chi connectivity index (χ4n) is 3.02. The summed E-state index contributed by atoms with van der Waals surface area (Å²) in [6.45, 7) is 1.84. The second-order valence-electron chi connectivity index (χ2n) is 5.82. The molecule has 1 aromatic heterocycles. The van der Waals surface area contributed by atoms with Crippen LogP contribution < -0.4 is 10.6 Å². The first kappa shape index (κ1) is 13.2. The summed E-state index contributed by atoms with van der Waals surface area (Å²) in [5, 5.41) is 2.47. The Labute approximate surface area is 129 Å². The molecule has 0 amide bonds. The molecule has 110 valence electrons. The van der Waals surface area contributed by atoms with Crippen molar-refractivity contribution >= 4 is 16.6 Å². The monoisotopic (exact) mass is 290 g/mol. The third-order valence-corrected chi connectivity index (χ3v) is 4.25. The predicted octanol–water partition coefficient (Wildman–Crippen LogP) is 2.83. The summed E-state index contributed by atoms with van der Waals surface area (Å²) in [5.74, 6) is 0.964. The first-order valence-corrected chi connectivity index (χ1v) is 7.61. The fourth-order valence-corrected chi connectivity index (χ4v) is 3.02. The van der Waals surface area contributed by atoms with Crippen molar-refractivity contribution in [3.05, 3.63) is 54.9 Å². The highest BCUT2D eigenvalue weighted by atomic mass is 15.2. The molecule has 4 heteroatoms. The molecule has 0 aliphatic carbocycles. The van der Waals surface area contributed by atoms with Crippen LogP contribution in [0.4, 0.5) is 5.82 Å². The van der Waals surface area contributed by atoms with E-state index >= 15 is 0 Å². The van der Waals surface area contributed by atoms with Gasteiger partial charge in [0.05, 0.1) is 5.69 Å². The summed E-state index contributed by atoms with van der Waals surface area (Å²) < 4.78 is 0. The van der Waals surface area contributed by atoms with Crippen molar-refractivity contribution in [3.8, 4) is 11.3 Å². The van der Waals surface area contributed by atoms with Gasteiger partial charge >= 0.3 is 0 Å². The molecule has 0 spiro atoms. The van der Waals surface area contributed by atoms with Crippen molar-refractivity contribution in [3.63, 3.8) is 0 Å². The third-order valence-electron chi connectivity index (χ3n) is 4.25. The average Bonchev–Trinajstić information content (AvgIpc) is 3.01. The molecule has 2 heterocycles. The number of hydrogen-bond acceptors (Lipinski definition) is 4. The number of rotatable bonds is 2. The van der Waals surface area contributed by atoms with Gasteiger partial charge in [-0.15, -0.1) is 0 Å². The summed E-state index contributed by atoms with van der Waals surface area (Å²) in [7, 11) is 0. The van der Waals surface area contributed by atoms with Crippen LogP contribution in [0.25, 0.3) is 22.0 Å². The number of fused-ring (bicyclic) bond motifs is 1. The minimum Gasteiger partial charge on any atom is -0.355 e. The topological polar surface area (TPSA) is 55.0 Å². The molecule has 1 unspecified atom stereocenters. The van der Waals surface area contributed by atoms with Crippen molar-refractivity contribution in [1.82, 2.24) is 9.97 Å². The summed E-state index contributed by atoms with van der Waals surface area (Å²) in [6.07, 6.45) is 2.67. The summed E-state index contributed by atoms with van der Waals surface area (Å²) in [5.41, 5.74) is 8.06. The number of aromatic nitrogens is 2. The molecule has 4 rings (SSSR count). The van der Waals surface area contributed by atoms with E-state index in [1.165, 1.54) is 10.8 Å². The smallest absolute Gasteiger partial charge is 0.132 e. The van der Waals surface area contributed by atoms with Gasteiger partial charge < -0.3 is 10.6 Å². The average molecular weight is 290 g/mol. The van der Waals surface area contributed by atoms with Crippen LogP contribution in [0.2, 0.25) is 0 Å². The van der Waals surface area contributed by atoms with E-state index in [9.17, 15) is 0 Å². The molecule has 3 aromatic rings. The predicted molar refractivity (Wildman–Crippen MR) is 89.8 cm³/mol. The maximum Gasteiger partial charge on any atom is 0.132 e. The quantitative estimate of drug-likeness (QED) is 0.788. The van der Waals surface area contributed by atoms with Crippen LogP contribution >= 0.6 is 0 Å². The first-order valence-electron chi connectivity index (χ1n) is 7.61. The molecule has 1 atom stereocenters. The van der Waals surface area contributed by atoms with E-state index in [1.54, 1.807) is 6.33 Å². The van der Waals surface area contributed by atoms with Gasteiger partial charge in [-0.05, 0) is 23.3 Å². The zero-order valence-electron chi connectivity index (χ0n) is 12.3. The summed E-state index contributed by atoms with van der Waals surface area (Å²) in [6, 6.07) is 17.1. The van der Waals surface area contributed by atoms with Gasteiger partial charge in [-0.1, -0.05) is 36.4 Å². The Balaban J connectivity index is 1.71. The highest BCUT2D eigenvalue weighted by molar-refractivity contribution is 5.86. The molecule has 1 saturated heterocycles. The second-order valence-corrected chi connectivity index (χ2v) is 5.82. The van der Waals surface area contributed by atoms with Crippen molar-refractivity contribution < 1.29 is 0 Å². The molecule has 2 aromatic carbocycles. The summed E-state index contributed by atoms with van der Waals surface area (Å²) in [4.78, 5) is 11.1. The maximum atomic E-state index is 5.99. The van der Waals surface area contributed by atoms with Gasteiger partial charge in [-0.2, -0.15) is 0 Å². The number of benzene rings is 2. The van der Waals surface area contributed by atoms with E-state index in [-0.39, 0.29) is 6.04 Å². The number of anilines is 1. The van der Waals surface area contributed by atoms with Gasteiger partial charge in [0, 0.05) is 30.8 Å². The van der Waals surface area contributed by atoms with E-state index in [4.69, 9.17) is 5.73 Å². The SMILES string of the molecule is NC1CCN(c2cc(-c3ccc4ccccc4c3)ncn2)C1. The zero-order valence-corrected chi connectivity index (χ0v) is 12.3. The Bertz CT molecular complexity index is 815. The van der Waals surface area contributed by atoms with Crippen LogP contribution in [0, 0.1) is 0 Å². The Hall–Kier alpha value is -2.46. The van der Waals surface area contributed by atoms with Crippen LogP contribution in [0.3, 0.4) is 0 Å². The van der Waals surface area contributed by atoms with Gasteiger partial charge in [0.1, 0.15) is 12.1 Å². The molecule has 0 bridgehead atoms. The third kappa shape index (κ3) is 2.42. The van der Waals surface area contributed by atoms with E-state index in [0.717, 1.165) is 36.6 Å². The molecule has 0 radical (unpaired) electrons. The fraction of sp³-hybridized carbons (Fsp3) is 0.222. The van der Waals surface area contributed by atoms with Crippen LogP contribution in [0.15, 0.2) is 54.9 Å². The van der Waals surface area contributed by atoms with Crippen LogP contribution in [-0.2, 0) is 0 Å². The van der Waals surface area contributed by atoms with Gasteiger partial charge in [-0.25, -0.2) is 9.97 Å². The highest BCUT2D eigenvalue weighted by Gasteiger charge is 2.20. The van der Waals surface area contributed by atoms with Gasteiger partial charge in [0.15, 0.2) is 0 Å². The van der Waals surface area contributed by atoms with E-state index < -0.39 is 0 Å². The zero-order chi connectivity index (χ0) is 14.9. The lowest BCUT2D eigenvalue weighted by atomic mass is 10.0. The molecular formula is C18H18N4. The lowest BCUT2D eigenvalue weighted by Gasteiger charge is -2.17. The van der Waals surface area contributed by atoms with Gasteiger partial charge in [0.2, 0.25) is 0 Å². The molecule has 1 fully saturated rings. The Morgan fingerprint density at radius 1 is 1.00 bits per heavy atom. The lowest BCUT2D eigenvalue weighted by Crippen LogP contribution is -2.26. The molecule has 1 aliphatic rings. The van der Waals surface area contributed by atoms with E-state index in [0.29, 0.717) is 0 Å². The van der Waals surface area contributed by atoms with E-state index in [2.05, 4.69) is 63.4 Å². The van der Waals surface area contributed by atoms with Crippen LogP contribution in [0.1, 0.15) is 6.42 Å². The number of nitrogens with two attached hydrogens (primary N) is 1. The summed E-state index contributed by atoms with van der Waals surface area (Å²) >= 11 is 0. The molecule has 22 heavy (non-hydrogen) atoms.